The zero-order chi connectivity index (χ0) is 15.5. The molecule has 2 aliphatic carbocycles. The van der Waals surface area contributed by atoms with Crippen LogP contribution >= 0.6 is 0 Å². The summed E-state index contributed by atoms with van der Waals surface area (Å²) in [5.41, 5.74) is 7.85. The summed E-state index contributed by atoms with van der Waals surface area (Å²) < 4.78 is 7.54. The molecule has 0 aromatic carbocycles. The molecule has 2 aromatic heterocycles. The number of nitrogens with zero attached hydrogens (tertiary/aromatic N) is 4. The van der Waals surface area contributed by atoms with Gasteiger partial charge in [-0.05, 0) is 58.9 Å². The van der Waals surface area contributed by atoms with Crippen LogP contribution in [-0.4, -0.2) is 19.9 Å². The van der Waals surface area contributed by atoms with E-state index < -0.39 is 5.54 Å². The Morgan fingerprint density at radius 3 is 2.59 bits per heavy atom. The summed E-state index contributed by atoms with van der Waals surface area (Å²) >= 11 is 0. The van der Waals surface area contributed by atoms with Gasteiger partial charge < -0.3 is 10.3 Å². The van der Waals surface area contributed by atoms with E-state index in [1.165, 1.54) is 18.5 Å². The fourth-order valence-electron chi connectivity index (χ4n) is 3.02. The van der Waals surface area contributed by atoms with Gasteiger partial charge in [0, 0.05) is 11.6 Å². The van der Waals surface area contributed by atoms with Crippen LogP contribution in [0.2, 0.25) is 0 Å². The molecule has 0 aliphatic heterocycles. The first kappa shape index (κ1) is 13.9. The number of hydrogen-bond acceptors (Lipinski definition) is 5. The molecule has 118 valence electrons. The second kappa shape index (κ2) is 4.41. The van der Waals surface area contributed by atoms with Crippen LogP contribution in [0.25, 0.3) is 11.6 Å². The number of nitrogens with two attached hydrogens (primary N) is 1. The van der Waals surface area contributed by atoms with Crippen molar-refractivity contribution in [3.05, 3.63) is 17.6 Å². The largest absolute Gasteiger partial charge is 0.332 e. The van der Waals surface area contributed by atoms with Crippen molar-refractivity contribution in [1.29, 1.82) is 0 Å². The summed E-state index contributed by atoms with van der Waals surface area (Å²) in [6, 6.07) is 2.10. The van der Waals surface area contributed by atoms with Gasteiger partial charge in [-0.25, -0.2) is 0 Å². The number of hydrogen-bond donors (Lipinski definition) is 1. The molecule has 6 nitrogen and oxygen atoms in total. The Morgan fingerprint density at radius 1 is 1.32 bits per heavy atom. The quantitative estimate of drug-likeness (QED) is 0.942. The van der Waals surface area contributed by atoms with Gasteiger partial charge >= 0.3 is 0 Å². The van der Waals surface area contributed by atoms with Crippen molar-refractivity contribution in [3.8, 4) is 11.6 Å². The lowest BCUT2D eigenvalue weighted by Gasteiger charge is -2.34. The maximum atomic E-state index is 6.27. The van der Waals surface area contributed by atoms with E-state index in [2.05, 4.69) is 41.7 Å². The molecule has 0 amide bonds. The molecule has 22 heavy (non-hydrogen) atoms. The Labute approximate surface area is 130 Å². The fourth-order valence-corrected chi connectivity index (χ4v) is 3.02. The minimum Gasteiger partial charge on any atom is -0.332 e. The van der Waals surface area contributed by atoms with Gasteiger partial charge in [-0.3, -0.25) is 4.68 Å². The molecule has 2 aromatic rings. The van der Waals surface area contributed by atoms with Crippen LogP contribution in [0.15, 0.2) is 10.6 Å². The molecule has 0 unspecified atom stereocenters. The summed E-state index contributed by atoms with van der Waals surface area (Å²) in [6.45, 7) is 6.49. The first-order chi connectivity index (χ1) is 10.4. The van der Waals surface area contributed by atoms with E-state index >= 15 is 0 Å². The van der Waals surface area contributed by atoms with E-state index in [1.807, 2.05) is 0 Å². The predicted molar refractivity (Wildman–Crippen MR) is 82.2 cm³/mol. The van der Waals surface area contributed by atoms with Gasteiger partial charge in [-0.1, -0.05) is 5.16 Å². The average Bonchev–Trinajstić information content (AvgIpc) is 2.98. The van der Waals surface area contributed by atoms with Crippen LogP contribution in [0, 0.1) is 0 Å². The summed E-state index contributed by atoms with van der Waals surface area (Å²) in [7, 11) is 0. The van der Waals surface area contributed by atoms with Gasteiger partial charge in [0.15, 0.2) is 11.5 Å². The summed E-state index contributed by atoms with van der Waals surface area (Å²) in [5.74, 6) is 1.72. The smallest absolute Gasteiger partial charge is 0.278 e. The lowest BCUT2D eigenvalue weighted by Crippen LogP contribution is -2.44. The average molecular weight is 301 g/mol. The van der Waals surface area contributed by atoms with Crippen molar-refractivity contribution < 1.29 is 4.52 Å². The minimum absolute atomic E-state index is 0.0535. The normalized spacial score (nSPS) is 20.9. The molecular weight excluding hydrogens is 278 g/mol. The zero-order valence-corrected chi connectivity index (χ0v) is 13.5. The van der Waals surface area contributed by atoms with E-state index in [0.29, 0.717) is 17.6 Å². The highest BCUT2D eigenvalue weighted by Crippen LogP contribution is 2.43. The standard InChI is InChI=1S/C16H23N5O/c1-15(2,3)21-12(10-5-6-10)9-11(19-21)13-18-14(20-22-13)16(17)7-4-8-16/h9-10H,4-8,17H2,1-3H3. The molecular formula is C16H23N5O. The Hall–Kier alpha value is -1.69. The molecule has 0 bridgehead atoms. The van der Waals surface area contributed by atoms with Gasteiger partial charge in [0.1, 0.15) is 0 Å². The first-order valence-corrected chi connectivity index (χ1v) is 8.11. The number of aromatic nitrogens is 4. The van der Waals surface area contributed by atoms with Crippen LogP contribution in [0.3, 0.4) is 0 Å². The topological polar surface area (TPSA) is 82.8 Å². The Morgan fingerprint density at radius 2 is 2.05 bits per heavy atom. The Kier molecular flexibility index (Phi) is 2.79. The molecule has 2 heterocycles. The first-order valence-electron chi connectivity index (χ1n) is 8.11. The SMILES string of the molecule is CC(C)(C)n1nc(-c2nc(C3(N)CCC3)no2)cc1C1CC1. The van der Waals surface area contributed by atoms with E-state index in [-0.39, 0.29) is 5.54 Å². The highest BCUT2D eigenvalue weighted by atomic mass is 16.5. The van der Waals surface area contributed by atoms with Crippen molar-refractivity contribution in [3.63, 3.8) is 0 Å². The van der Waals surface area contributed by atoms with E-state index in [0.717, 1.165) is 25.0 Å². The summed E-state index contributed by atoms with van der Waals surface area (Å²) in [5, 5.41) is 8.82. The van der Waals surface area contributed by atoms with Crippen LogP contribution in [0.4, 0.5) is 0 Å². The van der Waals surface area contributed by atoms with E-state index in [9.17, 15) is 0 Å². The van der Waals surface area contributed by atoms with E-state index in [1.54, 1.807) is 0 Å². The van der Waals surface area contributed by atoms with Gasteiger partial charge in [0.05, 0.1) is 11.1 Å². The molecule has 0 atom stereocenters. The summed E-state index contributed by atoms with van der Waals surface area (Å²) in [4.78, 5) is 4.51. The highest BCUT2D eigenvalue weighted by Gasteiger charge is 2.39. The molecule has 2 saturated carbocycles. The van der Waals surface area contributed by atoms with Gasteiger partial charge in [0.2, 0.25) is 0 Å². The van der Waals surface area contributed by atoms with Gasteiger partial charge in [-0.2, -0.15) is 10.1 Å². The van der Waals surface area contributed by atoms with Crippen LogP contribution < -0.4 is 5.73 Å². The maximum Gasteiger partial charge on any atom is 0.278 e. The zero-order valence-electron chi connectivity index (χ0n) is 13.5. The Balaban J connectivity index is 1.71. The highest BCUT2D eigenvalue weighted by molar-refractivity contribution is 5.48. The monoisotopic (exact) mass is 301 g/mol. The Bertz CT molecular complexity index is 700. The molecule has 2 N–H and O–H groups in total. The van der Waals surface area contributed by atoms with Crippen molar-refractivity contribution >= 4 is 0 Å². The third kappa shape index (κ3) is 2.17. The van der Waals surface area contributed by atoms with Crippen molar-refractivity contribution in [2.24, 2.45) is 5.73 Å². The molecule has 0 radical (unpaired) electrons. The minimum atomic E-state index is -0.395. The van der Waals surface area contributed by atoms with Crippen molar-refractivity contribution in [2.75, 3.05) is 0 Å². The van der Waals surface area contributed by atoms with Gasteiger partial charge in [-0.15, -0.1) is 0 Å². The van der Waals surface area contributed by atoms with Crippen LogP contribution in [0.1, 0.15) is 70.3 Å². The lowest BCUT2D eigenvalue weighted by molar-refractivity contribution is 0.229. The number of rotatable bonds is 3. The van der Waals surface area contributed by atoms with Crippen molar-refractivity contribution in [1.82, 2.24) is 19.9 Å². The molecule has 4 rings (SSSR count). The third-order valence-electron chi connectivity index (χ3n) is 4.70. The molecule has 0 saturated heterocycles. The van der Waals surface area contributed by atoms with Crippen LogP contribution in [0.5, 0.6) is 0 Å². The van der Waals surface area contributed by atoms with Gasteiger partial charge in [0.25, 0.3) is 5.89 Å². The second-order valence-electron chi connectivity index (χ2n) is 7.74. The molecule has 2 aliphatic rings. The molecule has 2 fully saturated rings. The second-order valence-corrected chi connectivity index (χ2v) is 7.74. The van der Waals surface area contributed by atoms with Crippen LogP contribution in [-0.2, 0) is 11.1 Å². The maximum absolute atomic E-state index is 6.27. The summed E-state index contributed by atoms with van der Waals surface area (Å²) in [6.07, 6.45) is 5.46. The molecule has 6 heteroatoms. The van der Waals surface area contributed by atoms with E-state index in [4.69, 9.17) is 15.4 Å². The fraction of sp³-hybridized carbons (Fsp3) is 0.688. The lowest BCUT2D eigenvalue weighted by atomic mass is 9.77. The molecule has 0 spiro atoms. The predicted octanol–water partition coefficient (Wildman–Crippen LogP) is 2.90. The third-order valence-corrected chi connectivity index (χ3v) is 4.70. The van der Waals surface area contributed by atoms with Crippen molar-refractivity contribution in [2.45, 2.75) is 69.9 Å².